The highest BCUT2D eigenvalue weighted by Gasteiger charge is 2.17. The Morgan fingerprint density at radius 3 is 2.52 bits per heavy atom. The number of nitrogens with one attached hydrogen (secondary N) is 1. The van der Waals surface area contributed by atoms with Crippen LogP contribution in [-0.4, -0.2) is 66.1 Å². The fraction of sp³-hybridized carbons (Fsp3) is 0.667. The maximum atomic E-state index is 5.78. The van der Waals surface area contributed by atoms with Crippen molar-refractivity contribution in [1.29, 1.82) is 0 Å². The van der Waals surface area contributed by atoms with Crippen LogP contribution in [0.2, 0.25) is 0 Å². The average Bonchev–Trinajstić information content (AvgIpc) is 2.52. The van der Waals surface area contributed by atoms with Gasteiger partial charge in [0.1, 0.15) is 0 Å². The number of rotatable bonds is 6. The minimum Gasteiger partial charge on any atom is -0.370 e. The lowest BCUT2D eigenvalue weighted by atomic mass is 10.3. The van der Waals surface area contributed by atoms with Crippen molar-refractivity contribution < 1.29 is 0 Å². The standard InChI is InChI=1S/C15H27N7.HI/c1-13(2)20-14(16)17-7-4-8-21-9-11-22(12-10-21)15-18-5-3-6-19-15;/h3,5-6,13H,4,7-12H2,1-2H3,(H3,16,17,20);1H. The number of nitrogens with zero attached hydrogens (tertiary/aromatic N) is 5. The van der Waals surface area contributed by atoms with Gasteiger partial charge in [-0.25, -0.2) is 9.97 Å². The van der Waals surface area contributed by atoms with E-state index >= 15 is 0 Å². The molecule has 0 saturated carbocycles. The first kappa shape index (κ1) is 19.9. The normalized spacial score (nSPS) is 16.3. The van der Waals surface area contributed by atoms with Crippen molar-refractivity contribution in [3.63, 3.8) is 0 Å². The highest BCUT2D eigenvalue weighted by atomic mass is 127. The molecule has 0 amide bonds. The van der Waals surface area contributed by atoms with Crippen LogP contribution in [0.3, 0.4) is 0 Å². The largest absolute Gasteiger partial charge is 0.370 e. The molecular formula is C15H28IN7. The van der Waals surface area contributed by atoms with Crippen LogP contribution in [0.5, 0.6) is 0 Å². The zero-order valence-corrected chi connectivity index (χ0v) is 16.3. The predicted octanol–water partition coefficient (Wildman–Crippen LogP) is 0.919. The van der Waals surface area contributed by atoms with E-state index in [2.05, 4.69) is 43.9 Å². The van der Waals surface area contributed by atoms with Gasteiger partial charge in [-0.15, -0.1) is 24.0 Å². The Kier molecular flexibility index (Phi) is 9.15. The fourth-order valence-electron chi connectivity index (χ4n) is 2.46. The third kappa shape index (κ3) is 7.30. The number of guanidine groups is 1. The van der Waals surface area contributed by atoms with E-state index in [0.29, 0.717) is 12.0 Å². The highest BCUT2D eigenvalue weighted by molar-refractivity contribution is 14.0. The number of aromatic nitrogens is 2. The van der Waals surface area contributed by atoms with Gasteiger partial charge in [-0.3, -0.25) is 9.89 Å². The van der Waals surface area contributed by atoms with Gasteiger partial charge in [-0.1, -0.05) is 0 Å². The first-order chi connectivity index (χ1) is 10.6. The van der Waals surface area contributed by atoms with Crippen LogP contribution in [-0.2, 0) is 0 Å². The van der Waals surface area contributed by atoms with Gasteiger partial charge in [0.2, 0.25) is 5.95 Å². The lowest BCUT2D eigenvalue weighted by Gasteiger charge is -2.34. The molecule has 0 spiro atoms. The van der Waals surface area contributed by atoms with E-state index in [1.165, 1.54) is 0 Å². The van der Waals surface area contributed by atoms with Crippen LogP contribution in [0.15, 0.2) is 23.5 Å². The summed E-state index contributed by atoms with van der Waals surface area (Å²) in [6.45, 7) is 9.98. The summed E-state index contributed by atoms with van der Waals surface area (Å²) in [5.74, 6) is 1.38. The monoisotopic (exact) mass is 433 g/mol. The van der Waals surface area contributed by atoms with E-state index in [1.54, 1.807) is 12.4 Å². The van der Waals surface area contributed by atoms with Gasteiger partial charge in [0, 0.05) is 57.7 Å². The molecule has 23 heavy (non-hydrogen) atoms. The van der Waals surface area contributed by atoms with Gasteiger partial charge in [0.05, 0.1) is 0 Å². The summed E-state index contributed by atoms with van der Waals surface area (Å²) in [7, 11) is 0. The topological polar surface area (TPSA) is 82.7 Å². The van der Waals surface area contributed by atoms with Crippen LogP contribution in [0.25, 0.3) is 0 Å². The van der Waals surface area contributed by atoms with Gasteiger partial charge >= 0.3 is 0 Å². The van der Waals surface area contributed by atoms with E-state index in [4.69, 9.17) is 5.73 Å². The van der Waals surface area contributed by atoms with Gasteiger partial charge in [-0.05, 0) is 26.3 Å². The van der Waals surface area contributed by atoms with Crippen LogP contribution in [0, 0.1) is 0 Å². The minimum atomic E-state index is 0. The Morgan fingerprint density at radius 2 is 1.91 bits per heavy atom. The smallest absolute Gasteiger partial charge is 0.225 e. The number of aliphatic imine (C=N–C) groups is 1. The summed E-state index contributed by atoms with van der Waals surface area (Å²) in [6.07, 6.45) is 4.62. The molecule has 1 fully saturated rings. The highest BCUT2D eigenvalue weighted by Crippen LogP contribution is 2.09. The van der Waals surface area contributed by atoms with Crippen molar-refractivity contribution in [3.05, 3.63) is 18.5 Å². The number of nitrogens with two attached hydrogens (primary N) is 1. The molecule has 1 aliphatic rings. The molecule has 0 bridgehead atoms. The Balaban J connectivity index is 0.00000264. The van der Waals surface area contributed by atoms with Crippen molar-refractivity contribution in [3.8, 4) is 0 Å². The van der Waals surface area contributed by atoms with Gasteiger partial charge in [0.25, 0.3) is 0 Å². The summed E-state index contributed by atoms with van der Waals surface area (Å²) >= 11 is 0. The predicted molar refractivity (Wildman–Crippen MR) is 105 cm³/mol. The van der Waals surface area contributed by atoms with Gasteiger partial charge in [-0.2, -0.15) is 0 Å². The molecule has 3 N–H and O–H groups in total. The maximum Gasteiger partial charge on any atom is 0.225 e. The molecule has 1 aromatic heterocycles. The molecule has 0 atom stereocenters. The maximum absolute atomic E-state index is 5.78. The quantitative estimate of drug-likeness (QED) is 0.301. The first-order valence-corrected chi connectivity index (χ1v) is 7.96. The SMILES string of the molecule is CC(C)NC(N)=NCCCN1CCN(c2ncccn2)CC1.I. The van der Waals surface area contributed by atoms with E-state index in [0.717, 1.165) is 51.6 Å². The van der Waals surface area contributed by atoms with E-state index in [-0.39, 0.29) is 24.0 Å². The van der Waals surface area contributed by atoms with Crippen molar-refractivity contribution in [2.75, 3.05) is 44.2 Å². The first-order valence-electron chi connectivity index (χ1n) is 7.96. The lowest BCUT2D eigenvalue weighted by Crippen LogP contribution is -2.47. The third-order valence-electron chi connectivity index (χ3n) is 3.56. The zero-order valence-electron chi connectivity index (χ0n) is 14.0. The van der Waals surface area contributed by atoms with E-state index in [1.807, 2.05) is 6.07 Å². The number of hydrogen-bond acceptors (Lipinski definition) is 5. The van der Waals surface area contributed by atoms with Crippen LogP contribution in [0.4, 0.5) is 5.95 Å². The molecule has 0 radical (unpaired) electrons. The zero-order chi connectivity index (χ0) is 15.8. The Bertz CT molecular complexity index is 458. The Morgan fingerprint density at radius 1 is 1.26 bits per heavy atom. The van der Waals surface area contributed by atoms with Gasteiger partial charge in [0.15, 0.2) is 5.96 Å². The van der Waals surface area contributed by atoms with E-state index in [9.17, 15) is 0 Å². The number of hydrogen-bond donors (Lipinski definition) is 2. The Hall–Kier alpha value is -1.16. The molecule has 0 unspecified atom stereocenters. The summed E-state index contributed by atoms with van der Waals surface area (Å²) < 4.78 is 0. The molecule has 8 heteroatoms. The van der Waals surface area contributed by atoms with Crippen molar-refractivity contribution in [2.24, 2.45) is 10.7 Å². The average molecular weight is 433 g/mol. The van der Waals surface area contributed by atoms with Crippen LogP contribution < -0.4 is 16.0 Å². The van der Waals surface area contributed by atoms with Crippen molar-refractivity contribution >= 4 is 35.9 Å². The molecule has 0 aromatic carbocycles. The summed E-state index contributed by atoms with van der Waals surface area (Å²) in [4.78, 5) is 17.6. The van der Waals surface area contributed by atoms with Crippen molar-refractivity contribution in [2.45, 2.75) is 26.3 Å². The Labute approximate surface area is 155 Å². The number of halogens is 1. The summed E-state index contributed by atoms with van der Waals surface area (Å²) in [5, 5.41) is 3.10. The molecule has 1 aliphatic heterocycles. The molecular weight excluding hydrogens is 405 g/mol. The lowest BCUT2D eigenvalue weighted by molar-refractivity contribution is 0.255. The second-order valence-corrected chi connectivity index (χ2v) is 5.80. The summed E-state index contributed by atoms with van der Waals surface area (Å²) in [6, 6.07) is 2.18. The minimum absolute atomic E-state index is 0. The number of piperazine rings is 1. The molecule has 2 rings (SSSR count). The van der Waals surface area contributed by atoms with Gasteiger partial charge < -0.3 is 16.0 Å². The fourth-order valence-corrected chi connectivity index (χ4v) is 2.46. The molecule has 7 nitrogen and oxygen atoms in total. The van der Waals surface area contributed by atoms with Crippen molar-refractivity contribution in [1.82, 2.24) is 20.2 Å². The molecule has 0 aliphatic carbocycles. The summed E-state index contributed by atoms with van der Waals surface area (Å²) in [5.41, 5.74) is 5.78. The number of anilines is 1. The van der Waals surface area contributed by atoms with E-state index < -0.39 is 0 Å². The molecule has 1 saturated heterocycles. The second-order valence-electron chi connectivity index (χ2n) is 5.80. The molecule has 2 heterocycles. The molecule has 130 valence electrons. The molecule has 1 aromatic rings. The van der Waals surface area contributed by atoms with Crippen LogP contribution in [0.1, 0.15) is 20.3 Å². The second kappa shape index (κ2) is 10.6. The van der Waals surface area contributed by atoms with Crippen LogP contribution >= 0.6 is 24.0 Å². The third-order valence-corrected chi connectivity index (χ3v) is 3.56.